The molecule has 0 bridgehead atoms. The summed E-state index contributed by atoms with van der Waals surface area (Å²) in [6, 6.07) is 5.82. The van der Waals surface area contributed by atoms with E-state index in [0.29, 0.717) is 49.1 Å². The predicted molar refractivity (Wildman–Crippen MR) is 81.9 cm³/mol. The van der Waals surface area contributed by atoms with Gasteiger partial charge in [0.2, 0.25) is 0 Å². The Morgan fingerprint density at radius 3 is 2.76 bits per heavy atom. The molecule has 0 atom stereocenters. The van der Waals surface area contributed by atoms with Crippen LogP contribution in [0.2, 0.25) is 5.02 Å². The van der Waals surface area contributed by atoms with Crippen molar-refractivity contribution in [3.63, 3.8) is 0 Å². The Morgan fingerprint density at radius 2 is 2.10 bits per heavy atom. The molecule has 21 heavy (non-hydrogen) atoms. The molecule has 0 saturated heterocycles. The molecule has 0 unspecified atom stereocenters. The van der Waals surface area contributed by atoms with Crippen LogP contribution in [0.5, 0.6) is 11.5 Å². The molecule has 116 valence electrons. The van der Waals surface area contributed by atoms with E-state index in [9.17, 15) is 0 Å². The predicted octanol–water partition coefficient (Wildman–Crippen LogP) is 2.77. The number of benzene rings is 1. The molecule has 0 amide bonds. The lowest BCUT2D eigenvalue weighted by Crippen LogP contribution is -2.18. The molecule has 0 fully saturated rings. The number of rotatable bonds is 10. The Hall–Kier alpha value is -1.48. The van der Waals surface area contributed by atoms with E-state index in [-0.39, 0.29) is 0 Å². The van der Waals surface area contributed by atoms with Crippen LogP contribution in [-0.2, 0) is 11.3 Å². The van der Waals surface area contributed by atoms with Gasteiger partial charge in [-0.1, -0.05) is 11.6 Å². The first kappa shape index (κ1) is 17.6. The van der Waals surface area contributed by atoms with Crippen LogP contribution in [0, 0.1) is 11.3 Å². The van der Waals surface area contributed by atoms with E-state index in [4.69, 9.17) is 31.1 Å². The molecule has 5 nitrogen and oxygen atoms in total. The topological polar surface area (TPSA) is 63.5 Å². The van der Waals surface area contributed by atoms with Crippen LogP contribution in [0.15, 0.2) is 12.1 Å². The smallest absolute Gasteiger partial charge is 0.179 e. The number of ether oxygens (including phenoxy) is 3. The second kappa shape index (κ2) is 10.3. The van der Waals surface area contributed by atoms with E-state index in [1.165, 1.54) is 0 Å². The average molecular weight is 313 g/mol. The van der Waals surface area contributed by atoms with Gasteiger partial charge in [-0.25, -0.2) is 0 Å². The van der Waals surface area contributed by atoms with Gasteiger partial charge in [0.25, 0.3) is 0 Å². The van der Waals surface area contributed by atoms with Crippen molar-refractivity contribution >= 4 is 11.6 Å². The minimum atomic E-state index is 0.440. The van der Waals surface area contributed by atoms with E-state index in [1.807, 2.05) is 12.1 Å². The van der Waals surface area contributed by atoms with E-state index >= 15 is 0 Å². The van der Waals surface area contributed by atoms with Gasteiger partial charge >= 0.3 is 0 Å². The molecular weight excluding hydrogens is 292 g/mol. The summed E-state index contributed by atoms with van der Waals surface area (Å²) in [6.45, 7) is 2.54. The van der Waals surface area contributed by atoms with Crippen molar-refractivity contribution in [1.29, 1.82) is 5.26 Å². The first-order valence-corrected chi connectivity index (χ1v) is 7.16. The Labute approximate surface area is 130 Å². The summed E-state index contributed by atoms with van der Waals surface area (Å²) in [5.74, 6) is 1.13. The van der Waals surface area contributed by atoms with Crippen LogP contribution in [0.1, 0.15) is 18.4 Å². The van der Waals surface area contributed by atoms with E-state index in [2.05, 4.69) is 11.4 Å². The third kappa shape index (κ3) is 6.21. The van der Waals surface area contributed by atoms with E-state index in [1.54, 1.807) is 14.2 Å². The second-order valence-electron chi connectivity index (χ2n) is 4.39. The van der Waals surface area contributed by atoms with Gasteiger partial charge in [-0.3, -0.25) is 0 Å². The van der Waals surface area contributed by atoms with Gasteiger partial charge in [-0.2, -0.15) is 5.26 Å². The Morgan fingerprint density at radius 1 is 1.29 bits per heavy atom. The summed E-state index contributed by atoms with van der Waals surface area (Å²) in [6.07, 6.45) is 1.12. The zero-order valence-electron chi connectivity index (χ0n) is 12.4. The summed E-state index contributed by atoms with van der Waals surface area (Å²) in [4.78, 5) is 0. The highest BCUT2D eigenvalue weighted by Gasteiger charge is 2.12. The number of hydrogen-bond donors (Lipinski definition) is 1. The number of unbranched alkanes of at least 4 members (excludes halogenated alkanes) is 1. The van der Waals surface area contributed by atoms with Crippen LogP contribution in [-0.4, -0.2) is 34.0 Å². The molecule has 1 aromatic carbocycles. The van der Waals surface area contributed by atoms with Gasteiger partial charge in [-0.15, -0.1) is 0 Å². The summed E-state index contributed by atoms with van der Waals surface area (Å²) in [7, 11) is 3.25. The first-order chi connectivity index (χ1) is 10.2. The van der Waals surface area contributed by atoms with Gasteiger partial charge in [0, 0.05) is 26.6 Å². The van der Waals surface area contributed by atoms with Crippen molar-refractivity contribution in [3.8, 4) is 17.6 Å². The van der Waals surface area contributed by atoms with Crippen LogP contribution in [0.25, 0.3) is 0 Å². The molecular formula is C15H21ClN2O3. The van der Waals surface area contributed by atoms with Crippen molar-refractivity contribution < 1.29 is 14.2 Å². The molecule has 1 N–H and O–H groups in total. The molecule has 0 aromatic heterocycles. The Kier molecular flexibility index (Phi) is 8.60. The molecule has 0 heterocycles. The maximum absolute atomic E-state index is 8.50. The number of nitrogens with one attached hydrogen (secondary N) is 1. The van der Waals surface area contributed by atoms with Crippen molar-refractivity contribution in [3.05, 3.63) is 22.7 Å². The fraction of sp³-hybridized carbons (Fsp3) is 0.533. The number of hydrogen-bond acceptors (Lipinski definition) is 5. The maximum Gasteiger partial charge on any atom is 0.179 e. The normalized spacial score (nSPS) is 10.2. The monoisotopic (exact) mass is 312 g/mol. The zero-order chi connectivity index (χ0) is 15.5. The number of halogens is 1. The molecule has 0 saturated carbocycles. The highest BCUT2D eigenvalue weighted by molar-refractivity contribution is 6.32. The number of nitrogens with zero attached hydrogens (tertiary/aromatic N) is 1. The minimum Gasteiger partial charge on any atom is -0.493 e. The lowest BCUT2D eigenvalue weighted by molar-refractivity contribution is 0.199. The zero-order valence-corrected chi connectivity index (χ0v) is 13.2. The molecule has 6 heteroatoms. The van der Waals surface area contributed by atoms with Crippen LogP contribution in [0.4, 0.5) is 0 Å². The van der Waals surface area contributed by atoms with E-state index in [0.717, 1.165) is 12.1 Å². The lowest BCUT2D eigenvalue weighted by Gasteiger charge is -2.14. The van der Waals surface area contributed by atoms with Gasteiger partial charge in [0.15, 0.2) is 11.5 Å². The fourth-order valence-electron chi connectivity index (χ4n) is 1.75. The quantitative estimate of drug-likeness (QED) is 0.673. The van der Waals surface area contributed by atoms with Crippen LogP contribution in [0.3, 0.4) is 0 Å². The Bertz CT molecular complexity index is 475. The van der Waals surface area contributed by atoms with E-state index < -0.39 is 0 Å². The van der Waals surface area contributed by atoms with Crippen molar-refractivity contribution in [2.45, 2.75) is 19.4 Å². The van der Waals surface area contributed by atoms with Gasteiger partial charge < -0.3 is 19.5 Å². The van der Waals surface area contributed by atoms with Crippen LogP contribution < -0.4 is 14.8 Å². The molecule has 0 radical (unpaired) electrons. The standard InChI is InChI=1S/C15H21ClN2O3/c1-19-8-6-18-11-12-9-13(16)15(14(10-12)20-2)21-7-4-3-5-17/h9-10,18H,3-4,6-8,11H2,1-2H3. The molecule has 0 aliphatic carbocycles. The highest BCUT2D eigenvalue weighted by atomic mass is 35.5. The summed E-state index contributed by atoms with van der Waals surface area (Å²) < 4.78 is 15.9. The first-order valence-electron chi connectivity index (χ1n) is 6.78. The average Bonchev–Trinajstić information content (AvgIpc) is 2.49. The van der Waals surface area contributed by atoms with Gasteiger partial charge in [0.1, 0.15) is 0 Å². The molecule has 0 spiro atoms. The Balaban J connectivity index is 2.66. The van der Waals surface area contributed by atoms with Crippen molar-refractivity contribution in [1.82, 2.24) is 5.32 Å². The second-order valence-corrected chi connectivity index (χ2v) is 4.80. The molecule has 1 rings (SSSR count). The summed E-state index contributed by atoms with van der Waals surface area (Å²) in [5, 5.41) is 12.3. The molecule has 0 aliphatic rings. The van der Waals surface area contributed by atoms with Crippen molar-refractivity contribution in [2.75, 3.05) is 34.0 Å². The SMILES string of the molecule is COCCNCc1cc(Cl)c(OCCCC#N)c(OC)c1. The molecule has 1 aromatic rings. The summed E-state index contributed by atoms with van der Waals surface area (Å²) >= 11 is 6.24. The summed E-state index contributed by atoms with van der Waals surface area (Å²) in [5.41, 5.74) is 1.01. The molecule has 0 aliphatic heterocycles. The third-order valence-corrected chi connectivity index (χ3v) is 3.06. The van der Waals surface area contributed by atoms with Gasteiger partial charge in [0.05, 0.1) is 31.4 Å². The minimum absolute atomic E-state index is 0.440. The lowest BCUT2D eigenvalue weighted by atomic mass is 10.2. The highest BCUT2D eigenvalue weighted by Crippen LogP contribution is 2.36. The van der Waals surface area contributed by atoms with Crippen LogP contribution >= 0.6 is 11.6 Å². The number of methoxy groups -OCH3 is 2. The largest absolute Gasteiger partial charge is 0.493 e. The third-order valence-electron chi connectivity index (χ3n) is 2.78. The maximum atomic E-state index is 8.50. The van der Waals surface area contributed by atoms with Gasteiger partial charge in [-0.05, 0) is 24.1 Å². The van der Waals surface area contributed by atoms with Crippen molar-refractivity contribution in [2.24, 2.45) is 0 Å². The number of nitriles is 1. The fourth-order valence-corrected chi connectivity index (χ4v) is 2.04.